The Balaban J connectivity index is 1.11. The van der Waals surface area contributed by atoms with Crippen LogP contribution >= 0.6 is 23.1 Å². The highest BCUT2D eigenvalue weighted by atomic mass is 32.2. The van der Waals surface area contributed by atoms with E-state index in [1.54, 1.807) is 54.6 Å². The van der Waals surface area contributed by atoms with Crippen molar-refractivity contribution in [3.05, 3.63) is 138 Å². The minimum Gasteiger partial charge on any atom is -0.465 e. The Morgan fingerprint density at radius 2 is 1.68 bits per heavy atom. The number of thioether (sulfide) groups is 1. The zero-order valence-corrected chi connectivity index (χ0v) is 26.9. The maximum atomic E-state index is 13.4. The molecule has 4 aromatic carbocycles. The Labute approximate surface area is 279 Å². The molecule has 2 aromatic heterocycles. The number of benzene rings is 4. The first-order chi connectivity index (χ1) is 22.9. The number of carbonyl (C=O) groups is 3. The number of nitrogens with one attached hydrogen (secondary N) is 3. The van der Waals surface area contributed by atoms with Crippen molar-refractivity contribution in [3.63, 3.8) is 0 Å². The van der Waals surface area contributed by atoms with Crippen LogP contribution in [0.4, 0.5) is 10.8 Å². The van der Waals surface area contributed by atoms with E-state index in [1.165, 1.54) is 35.4 Å². The van der Waals surface area contributed by atoms with Crippen LogP contribution in [0.15, 0.2) is 136 Å². The maximum absolute atomic E-state index is 13.4. The first-order valence-electron chi connectivity index (χ1n) is 14.9. The van der Waals surface area contributed by atoms with E-state index in [1.807, 2.05) is 42.6 Å². The molecule has 8 nitrogen and oxygen atoms in total. The van der Waals surface area contributed by atoms with Crippen LogP contribution < -0.4 is 16.0 Å². The van der Waals surface area contributed by atoms with Crippen LogP contribution in [0.2, 0.25) is 0 Å². The molecule has 2 heterocycles. The van der Waals surface area contributed by atoms with E-state index in [2.05, 4.69) is 45.2 Å². The molecule has 3 amide bonds. The zero-order valence-electron chi connectivity index (χ0n) is 25.3. The third-order valence-electron chi connectivity index (χ3n) is 7.17. The number of carbonyl (C=O) groups excluding carboxylic acids is 3. The van der Waals surface area contributed by atoms with Gasteiger partial charge in [0.2, 0.25) is 5.91 Å². The molecule has 3 N–H and O–H groups in total. The number of hydrogen-bond donors (Lipinski definition) is 3. The summed E-state index contributed by atoms with van der Waals surface area (Å²) in [7, 11) is 0. The Bertz CT molecular complexity index is 2060. The van der Waals surface area contributed by atoms with Gasteiger partial charge >= 0.3 is 0 Å². The summed E-state index contributed by atoms with van der Waals surface area (Å²) in [5.41, 5.74) is 2.73. The molecule has 0 radical (unpaired) electrons. The van der Waals surface area contributed by atoms with Gasteiger partial charge in [0.05, 0.1) is 17.2 Å². The Hall–Kier alpha value is -5.45. The summed E-state index contributed by atoms with van der Waals surface area (Å²) in [6.07, 6.45) is 3.54. The largest absolute Gasteiger partial charge is 0.465 e. The lowest BCUT2D eigenvalue weighted by molar-refractivity contribution is -0.116. The van der Waals surface area contributed by atoms with E-state index in [4.69, 9.17) is 4.42 Å². The molecule has 6 aromatic rings. The number of thiazole rings is 1. The Morgan fingerprint density at radius 3 is 2.47 bits per heavy atom. The summed E-state index contributed by atoms with van der Waals surface area (Å²) >= 11 is 2.78. The summed E-state index contributed by atoms with van der Waals surface area (Å²) in [5.74, 6) is -0.694. The number of aromatic nitrogens is 1. The van der Waals surface area contributed by atoms with E-state index < -0.39 is 17.1 Å². The lowest BCUT2D eigenvalue weighted by atomic mass is 10.1. The molecule has 0 bridgehead atoms. The van der Waals surface area contributed by atoms with Crippen molar-refractivity contribution < 1.29 is 18.8 Å². The molecular weight excluding hydrogens is 629 g/mol. The van der Waals surface area contributed by atoms with Gasteiger partial charge in [-0.05, 0) is 65.7 Å². The number of nitrogens with zero attached hydrogens (tertiary/aromatic N) is 1. The molecule has 1 unspecified atom stereocenters. The fourth-order valence-corrected chi connectivity index (χ4v) is 6.52. The van der Waals surface area contributed by atoms with Crippen molar-refractivity contribution in [1.82, 2.24) is 10.3 Å². The van der Waals surface area contributed by atoms with Crippen molar-refractivity contribution in [2.45, 2.75) is 23.5 Å². The molecule has 0 aliphatic heterocycles. The normalized spacial score (nSPS) is 12.0. The van der Waals surface area contributed by atoms with Gasteiger partial charge in [-0.2, -0.15) is 0 Å². The SMILES string of the molecule is CCC(Sc1cccc(NC(=O)/C(=C/c2ccco2)NC(=O)c2ccccc2)c1)C(=O)Nc1nc(-c2ccc3ccccc3c2)cs1. The summed E-state index contributed by atoms with van der Waals surface area (Å²) < 4.78 is 5.38. The van der Waals surface area contributed by atoms with Crippen molar-refractivity contribution in [3.8, 4) is 11.3 Å². The number of hydrogen-bond acceptors (Lipinski definition) is 7. The van der Waals surface area contributed by atoms with Gasteiger partial charge in [-0.3, -0.25) is 14.4 Å². The number of fused-ring (bicyclic) bond motifs is 1. The smallest absolute Gasteiger partial charge is 0.272 e. The van der Waals surface area contributed by atoms with Gasteiger partial charge in [-0.1, -0.05) is 67.6 Å². The van der Waals surface area contributed by atoms with Crippen molar-refractivity contribution in [2.75, 3.05) is 10.6 Å². The summed E-state index contributed by atoms with van der Waals surface area (Å²) in [6.45, 7) is 1.95. The fourth-order valence-electron chi connectivity index (χ4n) is 4.79. The first kappa shape index (κ1) is 31.5. The lowest BCUT2D eigenvalue weighted by Crippen LogP contribution is -2.30. The molecule has 234 valence electrons. The predicted octanol–water partition coefficient (Wildman–Crippen LogP) is 8.48. The van der Waals surface area contributed by atoms with Crippen LogP contribution in [0.25, 0.3) is 28.1 Å². The molecule has 10 heteroatoms. The zero-order chi connectivity index (χ0) is 32.6. The topological polar surface area (TPSA) is 113 Å². The molecule has 47 heavy (non-hydrogen) atoms. The molecule has 6 rings (SSSR count). The third kappa shape index (κ3) is 8.04. The fraction of sp³-hybridized carbons (Fsp3) is 0.0811. The minimum atomic E-state index is -0.524. The molecule has 0 saturated heterocycles. The van der Waals surface area contributed by atoms with E-state index in [9.17, 15) is 14.4 Å². The quantitative estimate of drug-likeness (QED) is 0.0951. The highest BCUT2D eigenvalue weighted by Gasteiger charge is 2.21. The van der Waals surface area contributed by atoms with Gasteiger partial charge in [0.25, 0.3) is 11.8 Å². The monoisotopic (exact) mass is 658 g/mol. The second-order valence-electron chi connectivity index (χ2n) is 10.5. The van der Waals surface area contributed by atoms with Gasteiger partial charge in [0, 0.05) is 33.2 Å². The minimum absolute atomic E-state index is 0.0178. The standard InChI is InChI=1S/C37H30N4O4S2/c1-2-33(36(44)41-37-40-32(23-46-37)27-18-17-24-10-6-7-13-26(24)20-27)47-30-16-8-14-28(21-30)38-35(43)31(22-29-15-9-19-45-29)39-34(42)25-11-4-3-5-12-25/h3-23,33H,2H2,1H3,(H,38,43)(H,39,42)(H,40,41,44)/b31-22-. The van der Waals surface area contributed by atoms with Crippen LogP contribution in [0, 0.1) is 0 Å². The Kier molecular flexibility index (Phi) is 9.90. The molecule has 0 saturated carbocycles. The molecule has 0 aliphatic rings. The molecular formula is C37H30N4O4S2. The van der Waals surface area contributed by atoms with Crippen molar-refractivity contribution in [1.29, 1.82) is 0 Å². The van der Waals surface area contributed by atoms with Gasteiger partial charge in [0.15, 0.2) is 5.13 Å². The number of amides is 3. The lowest BCUT2D eigenvalue weighted by Gasteiger charge is -2.15. The van der Waals surface area contributed by atoms with Gasteiger partial charge in [0.1, 0.15) is 11.5 Å². The van der Waals surface area contributed by atoms with E-state index in [0.29, 0.717) is 28.6 Å². The highest BCUT2D eigenvalue weighted by molar-refractivity contribution is 8.00. The van der Waals surface area contributed by atoms with Crippen LogP contribution in [-0.2, 0) is 9.59 Å². The number of rotatable bonds is 11. The van der Waals surface area contributed by atoms with E-state index in [-0.39, 0.29) is 11.6 Å². The second-order valence-corrected chi connectivity index (χ2v) is 12.6. The van der Waals surface area contributed by atoms with E-state index in [0.717, 1.165) is 26.9 Å². The highest BCUT2D eigenvalue weighted by Crippen LogP contribution is 2.31. The summed E-state index contributed by atoms with van der Waals surface area (Å²) in [4.78, 5) is 45.0. The van der Waals surface area contributed by atoms with Crippen molar-refractivity contribution in [2.24, 2.45) is 0 Å². The molecule has 1 atom stereocenters. The van der Waals surface area contributed by atoms with Crippen LogP contribution in [0.3, 0.4) is 0 Å². The van der Waals surface area contributed by atoms with Gasteiger partial charge < -0.3 is 20.4 Å². The second kappa shape index (κ2) is 14.8. The van der Waals surface area contributed by atoms with E-state index >= 15 is 0 Å². The average molecular weight is 659 g/mol. The van der Waals surface area contributed by atoms with Gasteiger partial charge in [-0.15, -0.1) is 23.1 Å². The molecule has 0 aliphatic carbocycles. The molecule has 0 fully saturated rings. The van der Waals surface area contributed by atoms with Crippen LogP contribution in [-0.4, -0.2) is 28.0 Å². The average Bonchev–Trinajstić information content (AvgIpc) is 3.80. The number of furan rings is 1. The first-order valence-corrected chi connectivity index (χ1v) is 16.7. The maximum Gasteiger partial charge on any atom is 0.272 e. The van der Waals surface area contributed by atoms with Crippen LogP contribution in [0.5, 0.6) is 0 Å². The Morgan fingerprint density at radius 1 is 0.872 bits per heavy atom. The predicted molar refractivity (Wildman–Crippen MR) is 189 cm³/mol. The van der Waals surface area contributed by atoms with Crippen molar-refractivity contribution >= 4 is 68.5 Å². The summed E-state index contributed by atoms with van der Waals surface area (Å²) in [6, 6.07) is 33.6. The van der Waals surface area contributed by atoms with Crippen LogP contribution in [0.1, 0.15) is 29.5 Å². The van der Waals surface area contributed by atoms with Gasteiger partial charge in [-0.25, -0.2) is 4.98 Å². The molecule has 0 spiro atoms. The number of anilines is 2. The third-order valence-corrected chi connectivity index (χ3v) is 9.29. The summed E-state index contributed by atoms with van der Waals surface area (Å²) in [5, 5.41) is 12.9.